The highest BCUT2D eigenvalue weighted by Crippen LogP contribution is 2.40. The molecule has 0 amide bonds. The third-order valence-electron chi connectivity index (χ3n) is 5.09. The van der Waals surface area contributed by atoms with E-state index in [9.17, 15) is 0 Å². The Kier molecular flexibility index (Phi) is 6.75. The van der Waals surface area contributed by atoms with Crippen LogP contribution in [0.25, 0.3) is 0 Å². The lowest BCUT2D eigenvalue weighted by Crippen LogP contribution is -2.36. The molecule has 0 aromatic heterocycles. The first-order chi connectivity index (χ1) is 11.8. The number of hydrogen-bond acceptors (Lipinski definition) is 2. The standard InChI is InChI=1S/C23H34O2/c1-17(2)9-7-10-18(3)11-8-13-23(5)14-12-20-16-21(24-6)15-19(4)22(20)25-23/h9,11,15-16H,7-8,10,12-14H2,1-6H3. The number of methoxy groups -OCH3 is 1. The molecule has 0 aliphatic carbocycles. The van der Waals surface area contributed by atoms with Gasteiger partial charge in [-0.25, -0.2) is 0 Å². The van der Waals surface area contributed by atoms with Crippen molar-refractivity contribution < 1.29 is 9.47 Å². The molecule has 138 valence electrons. The predicted molar refractivity (Wildman–Crippen MR) is 107 cm³/mol. The van der Waals surface area contributed by atoms with Gasteiger partial charge in [0, 0.05) is 0 Å². The van der Waals surface area contributed by atoms with Crippen LogP contribution in [0.3, 0.4) is 0 Å². The third-order valence-corrected chi connectivity index (χ3v) is 5.09. The second-order valence-corrected chi connectivity index (χ2v) is 7.89. The van der Waals surface area contributed by atoms with Gasteiger partial charge in [0.1, 0.15) is 17.1 Å². The van der Waals surface area contributed by atoms with Gasteiger partial charge in [-0.1, -0.05) is 23.3 Å². The largest absolute Gasteiger partial charge is 0.497 e. The van der Waals surface area contributed by atoms with Crippen LogP contribution < -0.4 is 9.47 Å². The zero-order chi connectivity index (χ0) is 18.4. The average molecular weight is 343 g/mol. The molecule has 0 N–H and O–H groups in total. The quantitative estimate of drug-likeness (QED) is 0.522. The zero-order valence-corrected chi connectivity index (χ0v) is 16.9. The van der Waals surface area contributed by atoms with Crippen LogP contribution in [0.4, 0.5) is 0 Å². The van der Waals surface area contributed by atoms with Crippen molar-refractivity contribution in [2.24, 2.45) is 0 Å². The number of allylic oxidation sites excluding steroid dienone is 4. The lowest BCUT2D eigenvalue weighted by molar-refractivity contribution is 0.0561. The Labute approximate surface area is 153 Å². The second kappa shape index (κ2) is 8.60. The van der Waals surface area contributed by atoms with Gasteiger partial charge in [0.05, 0.1) is 7.11 Å². The fourth-order valence-corrected chi connectivity index (χ4v) is 3.45. The minimum absolute atomic E-state index is 0.0664. The summed E-state index contributed by atoms with van der Waals surface area (Å²) in [5, 5.41) is 0. The highest BCUT2D eigenvalue weighted by Gasteiger charge is 2.32. The average Bonchev–Trinajstić information content (AvgIpc) is 2.55. The summed E-state index contributed by atoms with van der Waals surface area (Å²) >= 11 is 0. The van der Waals surface area contributed by atoms with Crippen LogP contribution >= 0.6 is 0 Å². The molecule has 1 aliphatic heterocycles. The Hall–Kier alpha value is -1.70. The van der Waals surface area contributed by atoms with Gasteiger partial charge < -0.3 is 9.47 Å². The molecule has 0 saturated heterocycles. The van der Waals surface area contributed by atoms with Crippen molar-refractivity contribution in [3.8, 4) is 11.5 Å². The predicted octanol–water partition coefficient (Wildman–Crippen LogP) is 6.56. The number of hydrogen-bond donors (Lipinski definition) is 0. The van der Waals surface area contributed by atoms with Gasteiger partial charge in [-0.3, -0.25) is 0 Å². The first kappa shape index (κ1) is 19.6. The SMILES string of the molecule is COc1cc(C)c2c(c1)CCC(C)(CCC=C(C)CCC=C(C)C)O2. The topological polar surface area (TPSA) is 18.5 Å². The van der Waals surface area contributed by atoms with E-state index in [1.165, 1.54) is 22.3 Å². The smallest absolute Gasteiger partial charge is 0.126 e. The van der Waals surface area contributed by atoms with Crippen LogP contribution in [0.2, 0.25) is 0 Å². The van der Waals surface area contributed by atoms with Gasteiger partial charge >= 0.3 is 0 Å². The normalized spacial score (nSPS) is 19.8. The van der Waals surface area contributed by atoms with Gasteiger partial charge in [-0.2, -0.15) is 0 Å². The van der Waals surface area contributed by atoms with E-state index in [1.54, 1.807) is 7.11 Å². The Morgan fingerprint density at radius 1 is 1.20 bits per heavy atom. The summed E-state index contributed by atoms with van der Waals surface area (Å²) in [5.74, 6) is 2.00. The van der Waals surface area contributed by atoms with Gasteiger partial charge in [0.15, 0.2) is 0 Å². The fraction of sp³-hybridized carbons (Fsp3) is 0.565. The zero-order valence-electron chi connectivity index (χ0n) is 16.9. The van der Waals surface area contributed by atoms with Crippen molar-refractivity contribution in [2.45, 2.75) is 78.7 Å². The van der Waals surface area contributed by atoms with Crippen LogP contribution in [0.15, 0.2) is 35.4 Å². The molecule has 2 heteroatoms. The summed E-state index contributed by atoms with van der Waals surface area (Å²) in [7, 11) is 1.72. The van der Waals surface area contributed by atoms with Gasteiger partial charge in [-0.15, -0.1) is 0 Å². The minimum atomic E-state index is -0.0664. The molecular weight excluding hydrogens is 308 g/mol. The lowest BCUT2D eigenvalue weighted by Gasteiger charge is -2.37. The van der Waals surface area contributed by atoms with E-state index in [2.05, 4.69) is 58.9 Å². The first-order valence-corrected chi connectivity index (χ1v) is 9.48. The molecule has 0 fully saturated rings. The third kappa shape index (κ3) is 5.66. The Morgan fingerprint density at radius 2 is 1.96 bits per heavy atom. The molecule has 0 bridgehead atoms. The van der Waals surface area contributed by atoms with E-state index >= 15 is 0 Å². The summed E-state index contributed by atoms with van der Waals surface area (Å²) in [6.45, 7) is 10.9. The van der Waals surface area contributed by atoms with E-state index in [0.717, 1.165) is 50.0 Å². The van der Waals surface area contributed by atoms with Crippen LogP contribution in [0.5, 0.6) is 11.5 Å². The molecular formula is C23H34O2. The summed E-state index contributed by atoms with van der Waals surface area (Å²) in [6, 6.07) is 4.19. The summed E-state index contributed by atoms with van der Waals surface area (Å²) in [6.07, 6.45) is 11.3. The minimum Gasteiger partial charge on any atom is -0.497 e. The summed E-state index contributed by atoms with van der Waals surface area (Å²) in [4.78, 5) is 0. The fourth-order valence-electron chi connectivity index (χ4n) is 3.45. The molecule has 1 atom stereocenters. The van der Waals surface area contributed by atoms with Crippen LogP contribution in [0, 0.1) is 6.92 Å². The number of rotatable bonds is 7. The van der Waals surface area contributed by atoms with Crippen molar-refractivity contribution in [3.05, 3.63) is 46.6 Å². The van der Waals surface area contributed by atoms with Crippen LogP contribution in [-0.2, 0) is 6.42 Å². The second-order valence-electron chi connectivity index (χ2n) is 7.89. The molecule has 25 heavy (non-hydrogen) atoms. The summed E-state index contributed by atoms with van der Waals surface area (Å²) in [5.41, 5.74) is 5.28. The maximum Gasteiger partial charge on any atom is 0.126 e. The molecule has 1 aromatic carbocycles. The number of benzene rings is 1. The number of ether oxygens (including phenoxy) is 2. The van der Waals surface area contributed by atoms with Gasteiger partial charge in [-0.05, 0) is 96.4 Å². The Bertz CT molecular complexity index is 650. The van der Waals surface area contributed by atoms with Crippen molar-refractivity contribution >= 4 is 0 Å². The molecule has 0 radical (unpaired) electrons. The maximum absolute atomic E-state index is 6.45. The molecule has 1 heterocycles. The van der Waals surface area contributed by atoms with Crippen molar-refractivity contribution in [2.75, 3.05) is 7.11 Å². The highest BCUT2D eigenvalue weighted by molar-refractivity contribution is 5.48. The molecule has 2 nitrogen and oxygen atoms in total. The first-order valence-electron chi connectivity index (χ1n) is 9.48. The molecule has 1 aliphatic rings. The molecule has 0 saturated carbocycles. The van der Waals surface area contributed by atoms with E-state index < -0.39 is 0 Å². The maximum atomic E-state index is 6.45. The molecule has 1 unspecified atom stereocenters. The van der Waals surface area contributed by atoms with E-state index in [-0.39, 0.29) is 5.60 Å². The van der Waals surface area contributed by atoms with Crippen molar-refractivity contribution in [1.82, 2.24) is 0 Å². The van der Waals surface area contributed by atoms with E-state index in [4.69, 9.17) is 9.47 Å². The van der Waals surface area contributed by atoms with Gasteiger partial charge in [0.2, 0.25) is 0 Å². The number of aryl methyl sites for hydroxylation is 2. The van der Waals surface area contributed by atoms with Crippen LogP contribution in [0.1, 0.15) is 70.9 Å². The highest BCUT2D eigenvalue weighted by atomic mass is 16.5. The van der Waals surface area contributed by atoms with Gasteiger partial charge in [0.25, 0.3) is 0 Å². The molecule has 1 aromatic rings. The van der Waals surface area contributed by atoms with Crippen molar-refractivity contribution in [3.63, 3.8) is 0 Å². The van der Waals surface area contributed by atoms with Crippen LogP contribution in [-0.4, -0.2) is 12.7 Å². The monoisotopic (exact) mass is 342 g/mol. The summed E-state index contributed by atoms with van der Waals surface area (Å²) < 4.78 is 11.8. The lowest BCUT2D eigenvalue weighted by atomic mass is 9.87. The Morgan fingerprint density at radius 3 is 2.64 bits per heavy atom. The van der Waals surface area contributed by atoms with E-state index in [1.807, 2.05) is 0 Å². The number of fused-ring (bicyclic) bond motifs is 1. The molecule has 0 spiro atoms. The van der Waals surface area contributed by atoms with E-state index in [0.29, 0.717) is 0 Å². The van der Waals surface area contributed by atoms with Crippen molar-refractivity contribution in [1.29, 1.82) is 0 Å². The molecule has 2 rings (SSSR count). The Balaban J connectivity index is 1.94.